The predicted molar refractivity (Wildman–Crippen MR) is 57.3 cm³/mol. The first-order valence-corrected chi connectivity index (χ1v) is 4.44. The molecule has 0 saturated heterocycles. The van der Waals surface area contributed by atoms with Crippen LogP contribution < -0.4 is 10.5 Å². The molecule has 0 aliphatic carbocycles. The van der Waals surface area contributed by atoms with E-state index in [-0.39, 0.29) is 11.8 Å². The summed E-state index contributed by atoms with van der Waals surface area (Å²) in [6.45, 7) is 1.87. The summed E-state index contributed by atoms with van der Waals surface area (Å²) in [4.78, 5) is 0. The Morgan fingerprint density at radius 1 is 1.50 bits per heavy atom. The lowest BCUT2D eigenvalue weighted by Gasteiger charge is -2.03. The van der Waals surface area contributed by atoms with Crippen LogP contribution in [-0.4, -0.2) is 18.3 Å². The fraction of sp³-hybridized carbons (Fsp3) is 0.273. The van der Waals surface area contributed by atoms with Crippen molar-refractivity contribution in [2.45, 2.75) is 13.0 Å². The van der Waals surface area contributed by atoms with Gasteiger partial charge in [-0.05, 0) is 25.1 Å². The lowest BCUT2D eigenvalue weighted by atomic mass is 10.1. The minimum absolute atomic E-state index is 0.0272. The monoisotopic (exact) mass is 193 g/mol. The van der Waals surface area contributed by atoms with Crippen LogP contribution in [0.25, 0.3) is 6.08 Å². The first-order valence-electron chi connectivity index (χ1n) is 4.44. The molecule has 1 rings (SSSR count). The SMILES string of the molecule is COc1ccc(O)c(/C=C/C(C)N)c1. The van der Waals surface area contributed by atoms with Crippen molar-refractivity contribution in [3.8, 4) is 11.5 Å². The molecule has 1 unspecified atom stereocenters. The standard InChI is InChI=1S/C11H15NO2/c1-8(12)3-4-9-7-10(14-2)5-6-11(9)13/h3-8,13H,12H2,1-2H3/b4-3+. The van der Waals surface area contributed by atoms with E-state index in [4.69, 9.17) is 10.5 Å². The van der Waals surface area contributed by atoms with Gasteiger partial charge in [-0.25, -0.2) is 0 Å². The summed E-state index contributed by atoms with van der Waals surface area (Å²) in [5, 5.41) is 9.50. The van der Waals surface area contributed by atoms with E-state index in [0.29, 0.717) is 11.3 Å². The fourth-order valence-corrected chi connectivity index (χ4v) is 1.05. The zero-order chi connectivity index (χ0) is 10.6. The van der Waals surface area contributed by atoms with Crippen LogP contribution >= 0.6 is 0 Å². The van der Waals surface area contributed by atoms with Crippen LogP contribution in [-0.2, 0) is 0 Å². The van der Waals surface area contributed by atoms with Crippen molar-refractivity contribution in [1.29, 1.82) is 0 Å². The number of hydrogen-bond acceptors (Lipinski definition) is 3. The molecule has 3 nitrogen and oxygen atoms in total. The Morgan fingerprint density at radius 3 is 2.79 bits per heavy atom. The van der Waals surface area contributed by atoms with Gasteiger partial charge in [-0.3, -0.25) is 0 Å². The number of aromatic hydroxyl groups is 1. The molecule has 0 fully saturated rings. The van der Waals surface area contributed by atoms with E-state index in [9.17, 15) is 5.11 Å². The molecule has 0 aliphatic heterocycles. The summed E-state index contributed by atoms with van der Waals surface area (Å²) in [7, 11) is 1.59. The highest BCUT2D eigenvalue weighted by Gasteiger charge is 1.99. The van der Waals surface area contributed by atoms with Gasteiger partial charge < -0.3 is 15.6 Å². The molecule has 1 aromatic rings. The third kappa shape index (κ3) is 2.78. The number of phenols is 1. The highest BCUT2D eigenvalue weighted by molar-refractivity contribution is 5.59. The fourth-order valence-electron chi connectivity index (χ4n) is 1.05. The molecule has 0 bridgehead atoms. The number of benzene rings is 1. The number of methoxy groups -OCH3 is 1. The van der Waals surface area contributed by atoms with Crippen molar-refractivity contribution < 1.29 is 9.84 Å². The third-order valence-corrected chi connectivity index (χ3v) is 1.81. The van der Waals surface area contributed by atoms with Crippen LogP contribution in [0.3, 0.4) is 0 Å². The molecule has 0 saturated carbocycles. The topological polar surface area (TPSA) is 55.5 Å². The first-order chi connectivity index (χ1) is 6.63. The summed E-state index contributed by atoms with van der Waals surface area (Å²) in [5.41, 5.74) is 6.27. The van der Waals surface area contributed by atoms with Crippen molar-refractivity contribution in [2.75, 3.05) is 7.11 Å². The lowest BCUT2D eigenvalue weighted by Crippen LogP contribution is -2.09. The average Bonchev–Trinajstić information content (AvgIpc) is 2.16. The molecule has 0 heterocycles. The second-order valence-corrected chi connectivity index (χ2v) is 3.14. The van der Waals surface area contributed by atoms with Gasteiger partial charge in [0.05, 0.1) is 7.11 Å². The lowest BCUT2D eigenvalue weighted by molar-refractivity contribution is 0.412. The van der Waals surface area contributed by atoms with Crippen LogP contribution in [0.4, 0.5) is 0 Å². The van der Waals surface area contributed by atoms with Gasteiger partial charge in [0, 0.05) is 11.6 Å². The van der Waals surface area contributed by atoms with E-state index in [0.717, 1.165) is 0 Å². The Kier molecular flexibility index (Phi) is 3.54. The van der Waals surface area contributed by atoms with Crippen molar-refractivity contribution in [2.24, 2.45) is 5.73 Å². The zero-order valence-corrected chi connectivity index (χ0v) is 8.40. The number of ether oxygens (including phenoxy) is 1. The van der Waals surface area contributed by atoms with E-state index < -0.39 is 0 Å². The van der Waals surface area contributed by atoms with Crippen LogP contribution in [0.5, 0.6) is 11.5 Å². The number of hydrogen-bond donors (Lipinski definition) is 2. The highest BCUT2D eigenvalue weighted by atomic mass is 16.5. The van der Waals surface area contributed by atoms with E-state index in [1.165, 1.54) is 0 Å². The van der Waals surface area contributed by atoms with E-state index in [2.05, 4.69) is 0 Å². The molecular formula is C11H15NO2. The number of rotatable bonds is 3. The van der Waals surface area contributed by atoms with Crippen molar-refractivity contribution in [1.82, 2.24) is 0 Å². The van der Waals surface area contributed by atoms with Gasteiger partial charge in [0.25, 0.3) is 0 Å². The molecule has 1 aromatic carbocycles. The molecule has 3 N–H and O–H groups in total. The van der Waals surface area contributed by atoms with Crippen LogP contribution in [0, 0.1) is 0 Å². The van der Waals surface area contributed by atoms with Crippen LogP contribution in [0.1, 0.15) is 12.5 Å². The summed E-state index contributed by atoms with van der Waals surface area (Å²) < 4.78 is 5.04. The number of nitrogens with two attached hydrogens (primary N) is 1. The van der Waals surface area contributed by atoms with Gasteiger partial charge >= 0.3 is 0 Å². The number of phenolic OH excluding ortho intramolecular Hbond substituents is 1. The summed E-state index contributed by atoms with van der Waals surface area (Å²) >= 11 is 0. The van der Waals surface area contributed by atoms with Crippen LogP contribution in [0.2, 0.25) is 0 Å². The summed E-state index contributed by atoms with van der Waals surface area (Å²) in [6.07, 6.45) is 3.59. The molecular weight excluding hydrogens is 178 g/mol. The Bertz CT molecular complexity index is 332. The van der Waals surface area contributed by atoms with E-state index >= 15 is 0 Å². The largest absolute Gasteiger partial charge is 0.507 e. The minimum Gasteiger partial charge on any atom is -0.507 e. The zero-order valence-electron chi connectivity index (χ0n) is 8.40. The summed E-state index contributed by atoms with van der Waals surface area (Å²) in [5.74, 6) is 0.940. The van der Waals surface area contributed by atoms with Crippen molar-refractivity contribution >= 4 is 6.08 Å². The Balaban J connectivity index is 2.94. The Morgan fingerprint density at radius 2 is 2.21 bits per heavy atom. The maximum atomic E-state index is 9.50. The van der Waals surface area contributed by atoms with Gasteiger partial charge in [-0.2, -0.15) is 0 Å². The van der Waals surface area contributed by atoms with Gasteiger partial charge in [0.2, 0.25) is 0 Å². The second-order valence-electron chi connectivity index (χ2n) is 3.14. The summed E-state index contributed by atoms with van der Waals surface area (Å²) in [6, 6.07) is 5.03. The maximum absolute atomic E-state index is 9.50. The molecule has 14 heavy (non-hydrogen) atoms. The maximum Gasteiger partial charge on any atom is 0.123 e. The second kappa shape index (κ2) is 4.67. The molecule has 76 valence electrons. The Labute approximate surface area is 83.8 Å². The minimum atomic E-state index is -0.0272. The van der Waals surface area contributed by atoms with E-state index in [1.54, 1.807) is 31.4 Å². The molecule has 0 aliphatic rings. The van der Waals surface area contributed by atoms with Gasteiger partial charge in [0.15, 0.2) is 0 Å². The molecule has 1 atom stereocenters. The normalized spacial score (nSPS) is 13.1. The molecule has 0 amide bonds. The van der Waals surface area contributed by atoms with Gasteiger partial charge in [-0.15, -0.1) is 0 Å². The van der Waals surface area contributed by atoms with Crippen LogP contribution in [0.15, 0.2) is 24.3 Å². The van der Waals surface area contributed by atoms with Crippen molar-refractivity contribution in [3.05, 3.63) is 29.8 Å². The predicted octanol–water partition coefficient (Wildman–Crippen LogP) is 1.76. The van der Waals surface area contributed by atoms with E-state index in [1.807, 2.05) is 13.0 Å². The molecule has 3 heteroatoms. The molecule has 0 radical (unpaired) electrons. The highest BCUT2D eigenvalue weighted by Crippen LogP contribution is 2.23. The molecule has 0 spiro atoms. The Hall–Kier alpha value is -1.48. The van der Waals surface area contributed by atoms with Gasteiger partial charge in [0.1, 0.15) is 11.5 Å². The van der Waals surface area contributed by atoms with Crippen molar-refractivity contribution in [3.63, 3.8) is 0 Å². The average molecular weight is 193 g/mol. The third-order valence-electron chi connectivity index (χ3n) is 1.81. The quantitative estimate of drug-likeness (QED) is 0.769. The van der Waals surface area contributed by atoms with Gasteiger partial charge in [-0.1, -0.05) is 12.2 Å². The first kappa shape index (κ1) is 10.6. The molecule has 0 aromatic heterocycles. The smallest absolute Gasteiger partial charge is 0.123 e.